The second kappa shape index (κ2) is 7.65. The molecule has 1 fully saturated rings. The normalized spacial score (nSPS) is 16.5. The van der Waals surface area contributed by atoms with Gasteiger partial charge in [0.2, 0.25) is 15.9 Å². The maximum Gasteiger partial charge on any atom is 0.323 e. The van der Waals surface area contributed by atoms with Crippen LogP contribution in [-0.4, -0.2) is 75.9 Å². The Morgan fingerprint density at radius 3 is 2.59 bits per heavy atom. The molecule has 1 aliphatic heterocycles. The molecule has 2 aromatic rings. The van der Waals surface area contributed by atoms with E-state index in [2.05, 4.69) is 4.98 Å². The fourth-order valence-electron chi connectivity index (χ4n) is 3.38. The summed E-state index contributed by atoms with van der Waals surface area (Å²) < 4.78 is 26.4. The number of fused-ring (bicyclic) bond motifs is 1. The molecule has 0 unspecified atom stereocenters. The van der Waals surface area contributed by atoms with E-state index in [9.17, 15) is 23.1 Å². The number of hydrogen-bond acceptors (Lipinski definition) is 5. The van der Waals surface area contributed by atoms with Crippen molar-refractivity contribution in [3.05, 3.63) is 36.3 Å². The highest BCUT2D eigenvalue weighted by Crippen LogP contribution is 2.19. The Hall–Kier alpha value is -2.46. The van der Waals surface area contributed by atoms with Crippen molar-refractivity contribution in [1.82, 2.24) is 18.6 Å². The minimum atomic E-state index is -3.28. The lowest BCUT2D eigenvalue weighted by Crippen LogP contribution is -2.50. The molecule has 0 radical (unpaired) electrons. The van der Waals surface area contributed by atoms with Gasteiger partial charge in [0.25, 0.3) is 0 Å². The number of imidazole rings is 1. The number of sulfonamides is 1. The number of piperidine rings is 1. The van der Waals surface area contributed by atoms with E-state index in [0.29, 0.717) is 24.2 Å². The van der Waals surface area contributed by atoms with E-state index in [0.717, 1.165) is 6.26 Å². The van der Waals surface area contributed by atoms with Gasteiger partial charge in [-0.1, -0.05) is 6.07 Å². The molecule has 0 spiro atoms. The zero-order valence-corrected chi connectivity index (χ0v) is 15.8. The maximum absolute atomic E-state index is 12.8. The van der Waals surface area contributed by atoms with Gasteiger partial charge in [0.15, 0.2) is 0 Å². The third kappa shape index (κ3) is 4.64. The molecule has 1 N–H and O–H groups in total. The average Bonchev–Trinajstić information content (AvgIpc) is 3.01. The summed E-state index contributed by atoms with van der Waals surface area (Å²) in [5, 5.41) is 9.21. The summed E-state index contributed by atoms with van der Waals surface area (Å²) in [7, 11) is -3.28. The number of carbonyl (C=O) groups is 2. The molecule has 10 heteroatoms. The quantitative estimate of drug-likeness (QED) is 0.750. The lowest BCUT2D eigenvalue weighted by molar-refractivity contribution is -0.146. The molecule has 0 bridgehead atoms. The fourth-order valence-corrected chi connectivity index (χ4v) is 4.26. The molecule has 0 atom stereocenters. The summed E-state index contributed by atoms with van der Waals surface area (Å²) >= 11 is 0. The van der Waals surface area contributed by atoms with Crippen LogP contribution in [0.1, 0.15) is 18.5 Å². The number of carboxylic acids is 1. The maximum atomic E-state index is 12.8. The van der Waals surface area contributed by atoms with E-state index in [1.54, 1.807) is 10.6 Å². The molecule has 9 nitrogen and oxygen atoms in total. The number of pyridine rings is 1. The van der Waals surface area contributed by atoms with E-state index >= 15 is 0 Å². The van der Waals surface area contributed by atoms with E-state index < -0.39 is 22.5 Å². The molecule has 3 rings (SSSR count). The summed E-state index contributed by atoms with van der Waals surface area (Å²) in [6, 6.07) is 5.22. The van der Waals surface area contributed by atoms with Gasteiger partial charge in [0.1, 0.15) is 12.2 Å². The van der Waals surface area contributed by atoms with Gasteiger partial charge in [-0.05, 0) is 25.0 Å². The van der Waals surface area contributed by atoms with E-state index in [4.69, 9.17) is 0 Å². The van der Waals surface area contributed by atoms with Crippen LogP contribution in [0.2, 0.25) is 0 Å². The third-order valence-corrected chi connectivity index (χ3v) is 6.01. The van der Waals surface area contributed by atoms with Crippen LogP contribution in [0, 0.1) is 0 Å². The topological polar surface area (TPSA) is 112 Å². The Kier molecular flexibility index (Phi) is 5.47. The first-order chi connectivity index (χ1) is 12.7. The Bertz CT molecular complexity index is 914. The second-order valence-corrected chi connectivity index (χ2v) is 8.67. The number of aromatic nitrogens is 2. The van der Waals surface area contributed by atoms with E-state index in [1.165, 1.54) is 9.21 Å². The Labute approximate surface area is 157 Å². The van der Waals surface area contributed by atoms with Crippen molar-refractivity contribution in [2.75, 3.05) is 25.9 Å². The fraction of sp³-hybridized carbons (Fsp3) is 0.471. The Balaban J connectivity index is 1.72. The molecule has 0 aliphatic carbocycles. The van der Waals surface area contributed by atoms with Crippen LogP contribution >= 0.6 is 0 Å². The molecule has 2 aromatic heterocycles. The molecule has 1 saturated heterocycles. The van der Waals surface area contributed by atoms with Crippen LogP contribution in [0.4, 0.5) is 0 Å². The summed E-state index contributed by atoms with van der Waals surface area (Å²) in [6.07, 6.45) is 5.55. The van der Waals surface area contributed by atoms with Crippen LogP contribution in [-0.2, 0) is 26.0 Å². The minimum absolute atomic E-state index is 0.00124. The first-order valence-corrected chi connectivity index (χ1v) is 10.5. The minimum Gasteiger partial charge on any atom is -0.480 e. The highest BCUT2D eigenvalue weighted by Gasteiger charge is 2.32. The third-order valence-electron chi connectivity index (χ3n) is 4.71. The SMILES string of the molecule is CS(=O)(=O)N1CCC(N(CC(=O)O)C(=O)Cc2cn3ccccc3n2)CC1. The van der Waals surface area contributed by atoms with Crippen molar-refractivity contribution in [3.63, 3.8) is 0 Å². The van der Waals surface area contributed by atoms with Gasteiger partial charge < -0.3 is 14.4 Å². The van der Waals surface area contributed by atoms with Crippen LogP contribution in [0.15, 0.2) is 30.6 Å². The average molecular weight is 394 g/mol. The predicted molar refractivity (Wildman–Crippen MR) is 97.7 cm³/mol. The highest BCUT2D eigenvalue weighted by atomic mass is 32.2. The van der Waals surface area contributed by atoms with Gasteiger partial charge in [-0.2, -0.15) is 0 Å². The van der Waals surface area contributed by atoms with Gasteiger partial charge in [0.05, 0.1) is 18.4 Å². The van der Waals surface area contributed by atoms with Crippen molar-refractivity contribution in [1.29, 1.82) is 0 Å². The van der Waals surface area contributed by atoms with Crippen LogP contribution in [0.25, 0.3) is 5.65 Å². The van der Waals surface area contributed by atoms with Crippen LogP contribution in [0.5, 0.6) is 0 Å². The molecular formula is C17H22N4O5S. The highest BCUT2D eigenvalue weighted by molar-refractivity contribution is 7.88. The van der Waals surface area contributed by atoms with Crippen LogP contribution < -0.4 is 0 Å². The molecule has 146 valence electrons. The van der Waals surface area contributed by atoms with E-state index in [1.807, 2.05) is 24.4 Å². The largest absolute Gasteiger partial charge is 0.480 e. The molecule has 0 aromatic carbocycles. The smallest absolute Gasteiger partial charge is 0.323 e. The number of nitrogens with zero attached hydrogens (tertiary/aromatic N) is 4. The van der Waals surface area contributed by atoms with Gasteiger partial charge >= 0.3 is 5.97 Å². The van der Waals surface area contributed by atoms with Crippen molar-refractivity contribution < 1.29 is 23.1 Å². The second-order valence-electron chi connectivity index (χ2n) is 6.68. The first-order valence-electron chi connectivity index (χ1n) is 8.63. The molecule has 3 heterocycles. The summed E-state index contributed by atoms with van der Waals surface area (Å²) in [5.41, 5.74) is 1.28. The van der Waals surface area contributed by atoms with E-state index in [-0.39, 0.29) is 31.5 Å². The number of hydrogen-bond donors (Lipinski definition) is 1. The Morgan fingerprint density at radius 1 is 1.30 bits per heavy atom. The molecule has 0 saturated carbocycles. The van der Waals surface area contributed by atoms with Crippen molar-refractivity contribution in [2.45, 2.75) is 25.3 Å². The monoisotopic (exact) mass is 394 g/mol. The molecular weight excluding hydrogens is 372 g/mol. The number of carbonyl (C=O) groups excluding carboxylic acids is 1. The predicted octanol–water partition coefficient (Wildman–Crippen LogP) is 0.214. The van der Waals surface area contributed by atoms with Gasteiger partial charge in [-0.3, -0.25) is 9.59 Å². The lowest BCUT2D eigenvalue weighted by atomic mass is 10.0. The zero-order valence-electron chi connectivity index (χ0n) is 15.0. The number of amides is 1. The van der Waals surface area contributed by atoms with Gasteiger partial charge in [0, 0.05) is 31.5 Å². The summed E-state index contributed by atoms with van der Waals surface area (Å²) in [6.45, 7) is 0.151. The summed E-state index contributed by atoms with van der Waals surface area (Å²) in [4.78, 5) is 29.8. The van der Waals surface area contributed by atoms with Crippen LogP contribution in [0.3, 0.4) is 0 Å². The first kappa shape index (κ1) is 19.3. The van der Waals surface area contributed by atoms with Gasteiger partial charge in [-0.25, -0.2) is 17.7 Å². The molecule has 1 amide bonds. The van der Waals surface area contributed by atoms with Crippen molar-refractivity contribution in [2.24, 2.45) is 0 Å². The summed E-state index contributed by atoms with van der Waals surface area (Å²) in [5.74, 6) is -1.41. The molecule has 1 aliphatic rings. The molecule has 27 heavy (non-hydrogen) atoms. The standard InChI is InChI=1S/C17H22N4O5S/c1-27(25,26)20-8-5-14(6-9-20)21(12-17(23)24)16(22)10-13-11-19-7-3-2-4-15(19)18-13/h2-4,7,11,14H,5-6,8-10,12H2,1H3,(H,23,24). The lowest BCUT2D eigenvalue weighted by Gasteiger charge is -2.36. The van der Waals surface area contributed by atoms with Crippen molar-refractivity contribution >= 4 is 27.5 Å². The van der Waals surface area contributed by atoms with Gasteiger partial charge in [-0.15, -0.1) is 0 Å². The zero-order chi connectivity index (χ0) is 19.6. The number of rotatable bonds is 6. The van der Waals surface area contributed by atoms with Crippen molar-refractivity contribution in [3.8, 4) is 0 Å². The number of aliphatic carboxylic acids is 1. The Morgan fingerprint density at radius 2 is 2.00 bits per heavy atom. The number of carboxylic acid groups (broad SMARTS) is 1.